The van der Waals surface area contributed by atoms with E-state index in [2.05, 4.69) is 44.0 Å². The summed E-state index contributed by atoms with van der Waals surface area (Å²) in [4.78, 5) is 0. The van der Waals surface area contributed by atoms with E-state index >= 15 is 0 Å². The zero-order valence-corrected chi connectivity index (χ0v) is 10.8. The normalized spacial score (nSPS) is 50.9. The molecule has 0 aromatic heterocycles. The third kappa shape index (κ3) is 0.761. The Hall–Kier alpha value is 0.700. The van der Waals surface area contributed by atoms with Gasteiger partial charge in [-0.05, 0) is 25.7 Å². The van der Waals surface area contributed by atoms with Crippen molar-refractivity contribution in [1.29, 1.82) is 0 Å². The van der Waals surface area contributed by atoms with Gasteiger partial charge in [-0.3, -0.25) is 0 Å². The molecule has 2 saturated carbocycles. The van der Waals surface area contributed by atoms with E-state index in [4.69, 9.17) is 0 Å². The standard InChI is InChI=1S/C11H14Br2/c12-11(13)9-5-1-2-6-10(9,11)8-4-3-7-9/h1-2H,3-8H2. The molecule has 0 aromatic rings. The maximum Gasteiger partial charge on any atom is 0.0935 e. The van der Waals surface area contributed by atoms with Crippen molar-refractivity contribution >= 4 is 31.9 Å². The van der Waals surface area contributed by atoms with Gasteiger partial charge < -0.3 is 0 Å². The number of hydrogen-bond acceptors (Lipinski definition) is 0. The molecule has 72 valence electrons. The van der Waals surface area contributed by atoms with E-state index in [0.29, 0.717) is 10.8 Å². The second-order valence-electron chi connectivity index (χ2n) is 4.83. The largest absolute Gasteiger partial charge is 0.0935 e. The van der Waals surface area contributed by atoms with Crippen LogP contribution in [0.3, 0.4) is 0 Å². The van der Waals surface area contributed by atoms with E-state index in [1.165, 1.54) is 38.5 Å². The second-order valence-corrected chi connectivity index (χ2v) is 8.27. The van der Waals surface area contributed by atoms with Crippen molar-refractivity contribution in [2.45, 2.75) is 41.8 Å². The molecule has 2 fully saturated rings. The topological polar surface area (TPSA) is 0 Å². The minimum absolute atomic E-state index is 0.264. The van der Waals surface area contributed by atoms with E-state index in [-0.39, 0.29) is 3.23 Å². The van der Waals surface area contributed by atoms with Crippen LogP contribution >= 0.6 is 31.9 Å². The summed E-state index contributed by atoms with van der Waals surface area (Å²) in [6, 6.07) is 0. The summed E-state index contributed by atoms with van der Waals surface area (Å²) in [7, 11) is 0. The van der Waals surface area contributed by atoms with Crippen molar-refractivity contribution in [2.75, 3.05) is 0 Å². The van der Waals surface area contributed by atoms with Crippen LogP contribution in [0, 0.1) is 10.8 Å². The van der Waals surface area contributed by atoms with Crippen molar-refractivity contribution in [2.24, 2.45) is 10.8 Å². The molecule has 3 aliphatic carbocycles. The van der Waals surface area contributed by atoms with Crippen LogP contribution in [-0.2, 0) is 0 Å². The van der Waals surface area contributed by atoms with Crippen molar-refractivity contribution in [3.05, 3.63) is 12.2 Å². The van der Waals surface area contributed by atoms with Crippen LogP contribution in [0.4, 0.5) is 0 Å². The van der Waals surface area contributed by atoms with Crippen LogP contribution in [0.1, 0.15) is 38.5 Å². The van der Waals surface area contributed by atoms with Crippen LogP contribution in [0.25, 0.3) is 0 Å². The fraction of sp³-hybridized carbons (Fsp3) is 0.818. The summed E-state index contributed by atoms with van der Waals surface area (Å²) in [6.07, 6.45) is 13.0. The maximum atomic E-state index is 3.93. The van der Waals surface area contributed by atoms with Crippen molar-refractivity contribution in [3.63, 3.8) is 0 Å². The molecule has 0 saturated heterocycles. The zero-order valence-electron chi connectivity index (χ0n) is 7.65. The second kappa shape index (κ2) is 2.44. The third-order valence-corrected chi connectivity index (χ3v) is 7.65. The summed E-state index contributed by atoms with van der Waals surface area (Å²) in [5.41, 5.74) is 1.12. The number of halogens is 2. The van der Waals surface area contributed by atoms with Gasteiger partial charge in [0.1, 0.15) is 0 Å². The number of allylic oxidation sites excluding steroid dienone is 2. The summed E-state index contributed by atoms with van der Waals surface area (Å²) in [5.74, 6) is 0. The molecule has 3 rings (SSSR count). The quantitative estimate of drug-likeness (QED) is 0.460. The highest BCUT2D eigenvalue weighted by molar-refractivity contribution is 9.25. The maximum absolute atomic E-state index is 3.93. The Labute approximate surface area is 96.4 Å². The molecule has 0 spiro atoms. The van der Waals surface area contributed by atoms with Crippen LogP contribution < -0.4 is 0 Å². The van der Waals surface area contributed by atoms with E-state index in [1.807, 2.05) is 0 Å². The van der Waals surface area contributed by atoms with E-state index < -0.39 is 0 Å². The number of hydrogen-bond donors (Lipinski definition) is 0. The molecule has 0 heterocycles. The lowest BCUT2D eigenvalue weighted by Crippen LogP contribution is -2.20. The number of rotatable bonds is 0. The molecule has 0 bridgehead atoms. The van der Waals surface area contributed by atoms with E-state index in [9.17, 15) is 0 Å². The predicted molar refractivity (Wildman–Crippen MR) is 62.3 cm³/mol. The summed E-state index contributed by atoms with van der Waals surface area (Å²) in [5, 5.41) is 0. The average molecular weight is 306 g/mol. The van der Waals surface area contributed by atoms with Gasteiger partial charge in [-0.25, -0.2) is 0 Å². The Morgan fingerprint density at radius 3 is 1.77 bits per heavy atom. The smallest absolute Gasteiger partial charge is 0.0879 e. The molecule has 0 radical (unpaired) electrons. The Kier molecular flexibility index (Phi) is 1.68. The van der Waals surface area contributed by atoms with Gasteiger partial charge in [0.05, 0.1) is 3.23 Å². The van der Waals surface area contributed by atoms with Gasteiger partial charge in [-0.1, -0.05) is 56.9 Å². The van der Waals surface area contributed by atoms with Gasteiger partial charge in [0.15, 0.2) is 0 Å². The highest BCUT2D eigenvalue weighted by Crippen LogP contribution is 2.88. The van der Waals surface area contributed by atoms with Crippen molar-refractivity contribution in [3.8, 4) is 0 Å². The molecule has 0 N–H and O–H groups in total. The van der Waals surface area contributed by atoms with Crippen molar-refractivity contribution < 1.29 is 0 Å². The molecule has 13 heavy (non-hydrogen) atoms. The van der Waals surface area contributed by atoms with E-state index in [0.717, 1.165) is 0 Å². The Morgan fingerprint density at radius 1 is 0.846 bits per heavy atom. The molecular formula is C11H14Br2. The average Bonchev–Trinajstić information content (AvgIpc) is 2.61. The first-order valence-corrected chi connectivity index (χ1v) is 6.78. The minimum atomic E-state index is 0.264. The molecule has 0 nitrogen and oxygen atoms in total. The zero-order chi connectivity index (χ0) is 9.16. The molecule has 0 aliphatic heterocycles. The van der Waals surface area contributed by atoms with Gasteiger partial charge >= 0.3 is 0 Å². The van der Waals surface area contributed by atoms with Crippen LogP contribution in [0.15, 0.2) is 12.2 Å². The van der Waals surface area contributed by atoms with Crippen LogP contribution in [0.2, 0.25) is 0 Å². The lowest BCUT2D eigenvalue weighted by atomic mass is 9.73. The Morgan fingerprint density at radius 2 is 1.31 bits per heavy atom. The summed E-state index contributed by atoms with van der Waals surface area (Å²) in [6.45, 7) is 0. The van der Waals surface area contributed by atoms with Crippen LogP contribution in [-0.4, -0.2) is 3.23 Å². The first-order chi connectivity index (χ1) is 6.16. The molecule has 3 aliphatic rings. The third-order valence-electron chi connectivity index (χ3n) is 4.61. The van der Waals surface area contributed by atoms with Crippen molar-refractivity contribution in [1.82, 2.24) is 0 Å². The highest BCUT2D eigenvalue weighted by Gasteiger charge is 2.83. The Bertz CT molecular complexity index is 256. The molecule has 0 amide bonds. The molecule has 2 heteroatoms. The van der Waals surface area contributed by atoms with Gasteiger partial charge in [0, 0.05) is 10.8 Å². The lowest BCUT2D eigenvalue weighted by molar-refractivity contribution is 0.231. The van der Waals surface area contributed by atoms with Gasteiger partial charge in [0.25, 0.3) is 0 Å². The lowest BCUT2D eigenvalue weighted by Gasteiger charge is -2.30. The fourth-order valence-corrected chi connectivity index (χ4v) is 6.57. The first kappa shape index (κ1) is 8.96. The van der Waals surface area contributed by atoms with Gasteiger partial charge in [-0.15, -0.1) is 0 Å². The number of alkyl halides is 2. The molecule has 2 unspecified atom stereocenters. The fourth-order valence-electron chi connectivity index (χ4n) is 3.81. The highest BCUT2D eigenvalue weighted by atomic mass is 79.9. The van der Waals surface area contributed by atoms with Crippen LogP contribution in [0.5, 0.6) is 0 Å². The summed E-state index contributed by atoms with van der Waals surface area (Å²) >= 11 is 7.86. The first-order valence-electron chi connectivity index (χ1n) is 5.19. The van der Waals surface area contributed by atoms with Gasteiger partial charge in [-0.2, -0.15) is 0 Å². The minimum Gasteiger partial charge on any atom is -0.0879 e. The molecule has 0 aromatic carbocycles. The predicted octanol–water partition coefficient (Wildman–Crippen LogP) is 4.38. The monoisotopic (exact) mass is 304 g/mol. The van der Waals surface area contributed by atoms with Gasteiger partial charge in [0.2, 0.25) is 0 Å². The summed E-state index contributed by atoms with van der Waals surface area (Å²) < 4.78 is 0.264. The Balaban J connectivity index is 2.07. The molecular weight excluding hydrogens is 292 g/mol. The molecule has 2 atom stereocenters. The van der Waals surface area contributed by atoms with E-state index in [1.54, 1.807) is 0 Å². The SMILES string of the molecule is BrC1(Br)C23CC=CCC12CCCC3.